The molecule has 3 heterocycles. The van der Waals surface area contributed by atoms with E-state index >= 15 is 4.39 Å². The Labute approximate surface area is 252 Å². The molecule has 0 aliphatic heterocycles. The Kier molecular flexibility index (Phi) is 8.93. The summed E-state index contributed by atoms with van der Waals surface area (Å²) in [5.74, 6) is 0.579. The summed E-state index contributed by atoms with van der Waals surface area (Å²) in [6.45, 7) is 5.29. The maximum Gasteiger partial charge on any atom is 0.434 e. The highest BCUT2D eigenvalue weighted by atomic mass is 19.4. The number of anilines is 2. The predicted octanol–water partition coefficient (Wildman–Crippen LogP) is 5.50. The lowest BCUT2D eigenvalue weighted by Gasteiger charge is -2.20. The van der Waals surface area contributed by atoms with Crippen molar-refractivity contribution >= 4 is 23.5 Å². The van der Waals surface area contributed by atoms with E-state index in [0.29, 0.717) is 11.9 Å². The quantitative estimate of drug-likeness (QED) is 0.161. The molecule has 3 aromatic heterocycles. The van der Waals surface area contributed by atoms with Gasteiger partial charge in [-0.2, -0.15) is 18.3 Å². The highest BCUT2D eigenvalue weighted by Gasteiger charge is 2.41. The average molecular weight is 630 g/mol. The summed E-state index contributed by atoms with van der Waals surface area (Å²) >= 11 is 0. The van der Waals surface area contributed by atoms with Crippen LogP contribution in [0.2, 0.25) is 0 Å². The molecule has 0 aliphatic carbocycles. The van der Waals surface area contributed by atoms with Crippen molar-refractivity contribution in [2.75, 3.05) is 17.6 Å². The summed E-state index contributed by atoms with van der Waals surface area (Å²) in [4.78, 5) is 31.5. The Morgan fingerprint density at radius 2 is 1.82 bits per heavy atom. The van der Waals surface area contributed by atoms with E-state index < -0.39 is 52.3 Å². The Bertz CT molecular complexity index is 1840. The molecular weight excluding hydrogens is 605 g/mol. The monoisotopic (exact) mass is 629 g/mol. The van der Waals surface area contributed by atoms with Crippen LogP contribution < -0.4 is 21.1 Å². The molecular formula is C29H24F5N7O4. The van der Waals surface area contributed by atoms with Crippen LogP contribution in [0.3, 0.4) is 0 Å². The van der Waals surface area contributed by atoms with Gasteiger partial charge in [-0.15, -0.1) is 0 Å². The van der Waals surface area contributed by atoms with Crippen molar-refractivity contribution in [2.24, 2.45) is 0 Å². The molecule has 234 valence electrons. The number of carbonyl (C=O) groups excluding carboxylic acids is 1. The molecule has 4 aromatic rings. The van der Waals surface area contributed by atoms with E-state index in [2.05, 4.69) is 37.5 Å². The van der Waals surface area contributed by atoms with Gasteiger partial charge < -0.3 is 26.2 Å². The molecule has 11 nitrogen and oxygen atoms in total. The molecule has 0 bridgehead atoms. The summed E-state index contributed by atoms with van der Waals surface area (Å²) in [5.41, 5.74) is 3.32. The number of carboxylic acid groups (broad SMARTS) is 1. The largest absolute Gasteiger partial charge is 0.465 e. The van der Waals surface area contributed by atoms with Crippen LogP contribution in [-0.4, -0.2) is 43.4 Å². The minimum atomic E-state index is -5.14. The number of rotatable bonds is 6. The van der Waals surface area contributed by atoms with E-state index in [1.807, 2.05) is 20.8 Å². The van der Waals surface area contributed by atoms with Gasteiger partial charge in [-0.1, -0.05) is 32.6 Å². The summed E-state index contributed by atoms with van der Waals surface area (Å²) in [6, 6.07) is 6.63. The zero-order valence-electron chi connectivity index (χ0n) is 23.8. The van der Waals surface area contributed by atoms with Crippen LogP contribution >= 0.6 is 0 Å². The average Bonchev–Trinajstić information content (AvgIpc) is 3.39. The molecule has 0 spiro atoms. The first-order chi connectivity index (χ1) is 21.1. The Balaban J connectivity index is 1.64. The van der Waals surface area contributed by atoms with Gasteiger partial charge >= 0.3 is 12.3 Å². The molecule has 5 N–H and O–H groups in total. The van der Waals surface area contributed by atoms with Crippen LogP contribution in [0, 0.1) is 23.5 Å². The number of nitrogens with one attached hydrogen (secondary N) is 2. The molecule has 0 saturated heterocycles. The standard InChI is InChI=1S/C29H24F5N7O4/c1-28(2,3)22-13-21(16(24(35)40-22)6-4-11-37-27(43)44)45-20-9-8-15(12-19(20)31)39-26(42)17-14-38-41(23(17)29(32,33)34)25-18(30)7-5-10-36-25/h5,7-10,12-14,37H,11H2,1-3H3,(H2,35,40)(H,39,42)(H,43,44). The predicted molar refractivity (Wildman–Crippen MR) is 151 cm³/mol. The van der Waals surface area contributed by atoms with Crippen molar-refractivity contribution in [3.8, 4) is 29.2 Å². The van der Waals surface area contributed by atoms with Crippen LogP contribution in [0.25, 0.3) is 5.82 Å². The number of alkyl halides is 3. The molecule has 2 amide bonds. The van der Waals surface area contributed by atoms with Crippen LogP contribution in [0.1, 0.15) is 48.1 Å². The van der Waals surface area contributed by atoms with E-state index in [9.17, 15) is 27.2 Å². The molecule has 0 aliphatic rings. The minimum Gasteiger partial charge on any atom is -0.465 e. The van der Waals surface area contributed by atoms with Crippen LogP contribution in [0.15, 0.2) is 48.8 Å². The van der Waals surface area contributed by atoms with Crippen molar-refractivity contribution in [1.29, 1.82) is 0 Å². The number of nitrogens with zero attached hydrogens (tertiary/aromatic N) is 4. The maximum absolute atomic E-state index is 15.2. The maximum atomic E-state index is 15.2. The number of pyridine rings is 2. The number of nitrogen functional groups attached to an aromatic ring is 1. The fourth-order valence-corrected chi connectivity index (χ4v) is 3.84. The second-order valence-electron chi connectivity index (χ2n) is 10.3. The van der Waals surface area contributed by atoms with Gasteiger partial charge in [0.1, 0.15) is 17.1 Å². The number of aromatic nitrogens is 4. The van der Waals surface area contributed by atoms with E-state index in [4.69, 9.17) is 15.6 Å². The topological polar surface area (TPSA) is 157 Å². The molecule has 45 heavy (non-hydrogen) atoms. The number of halogens is 5. The van der Waals surface area contributed by atoms with E-state index in [-0.39, 0.29) is 39.8 Å². The van der Waals surface area contributed by atoms with Gasteiger partial charge in [-0.05, 0) is 24.3 Å². The number of benzene rings is 1. The third-order valence-corrected chi connectivity index (χ3v) is 5.95. The van der Waals surface area contributed by atoms with Crippen LogP contribution in [0.4, 0.5) is 38.3 Å². The van der Waals surface area contributed by atoms with Gasteiger partial charge in [-0.25, -0.2) is 28.2 Å². The number of hydrogen-bond acceptors (Lipinski definition) is 7. The van der Waals surface area contributed by atoms with Crippen molar-refractivity contribution in [3.63, 3.8) is 0 Å². The second kappa shape index (κ2) is 12.5. The minimum absolute atomic E-state index is 0.00470. The number of hydrogen-bond donors (Lipinski definition) is 4. The first-order valence-electron chi connectivity index (χ1n) is 12.9. The number of nitrogens with two attached hydrogens (primary N) is 1. The SMILES string of the molecule is CC(C)(C)c1cc(Oc2ccc(NC(=O)c3cnn(-c4ncccc4F)c3C(F)(F)F)cc2F)c(C#CCNC(=O)O)c(N)n1. The fraction of sp³-hybridized carbons (Fsp3) is 0.207. The Hall–Kier alpha value is -5.72. The number of amides is 2. The van der Waals surface area contributed by atoms with Gasteiger partial charge in [0.05, 0.1) is 24.0 Å². The Morgan fingerprint density at radius 1 is 1.09 bits per heavy atom. The van der Waals surface area contributed by atoms with Gasteiger partial charge in [0.2, 0.25) is 0 Å². The summed E-state index contributed by atoms with van der Waals surface area (Å²) in [6.07, 6.45) is -4.79. The highest BCUT2D eigenvalue weighted by molar-refractivity contribution is 6.05. The first-order valence-corrected chi connectivity index (χ1v) is 12.9. The zero-order valence-corrected chi connectivity index (χ0v) is 23.8. The van der Waals surface area contributed by atoms with Gasteiger partial charge in [0.15, 0.2) is 28.9 Å². The van der Waals surface area contributed by atoms with Crippen molar-refractivity contribution in [1.82, 2.24) is 25.1 Å². The van der Waals surface area contributed by atoms with Crippen LogP contribution in [-0.2, 0) is 11.6 Å². The zero-order chi connectivity index (χ0) is 33.1. The van der Waals surface area contributed by atoms with E-state index in [1.54, 1.807) is 0 Å². The van der Waals surface area contributed by atoms with Gasteiger partial charge in [0, 0.05) is 29.4 Å². The van der Waals surface area contributed by atoms with Gasteiger partial charge in [0.25, 0.3) is 5.91 Å². The van der Waals surface area contributed by atoms with Crippen molar-refractivity contribution in [2.45, 2.75) is 32.4 Å². The lowest BCUT2D eigenvalue weighted by molar-refractivity contribution is -0.143. The fourth-order valence-electron chi connectivity index (χ4n) is 3.84. The van der Waals surface area contributed by atoms with Crippen molar-refractivity contribution < 1.29 is 41.4 Å². The molecule has 0 atom stereocenters. The lowest BCUT2D eigenvalue weighted by Crippen LogP contribution is -2.21. The lowest BCUT2D eigenvalue weighted by atomic mass is 9.91. The van der Waals surface area contributed by atoms with Crippen molar-refractivity contribution in [3.05, 3.63) is 82.9 Å². The molecule has 0 unspecified atom stereocenters. The third kappa shape index (κ3) is 7.44. The first kappa shape index (κ1) is 32.2. The molecule has 1 aromatic carbocycles. The molecule has 0 fully saturated rings. The molecule has 4 rings (SSSR count). The number of carbonyl (C=O) groups is 2. The van der Waals surface area contributed by atoms with E-state index in [1.165, 1.54) is 18.2 Å². The number of ether oxygens (including phenoxy) is 1. The van der Waals surface area contributed by atoms with E-state index in [0.717, 1.165) is 24.4 Å². The molecule has 0 saturated carbocycles. The molecule has 0 radical (unpaired) electrons. The third-order valence-electron chi connectivity index (χ3n) is 5.95. The molecule has 16 heteroatoms. The van der Waals surface area contributed by atoms with Gasteiger partial charge in [-0.3, -0.25) is 4.79 Å². The second-order valence-corrected chi connectivity index (χ2v) is 10.3. The summed E-state index contributed by atoms with van der Waals surface area (Å²) < 4.78 is 77.2. The summed E-state index contributed by atoms with van der Waals surface area (Å²) in [5, 5.41) is 16.5. The normalized spacial score (nSPS) is 11.4. The summed E-state index contributed by atoms with van der Waals surface area (Å²) in [7, 11) is 0. The van der Waals surface area contributed by atoms with Crippen LogP contribution in [0.5, 0.6) is 11.5 Å². The Morgan fingerprint density at radius 3 is 2.44 bits per heavy atom. The highest BCUT2D eigenvalue weighted by Crippen LogP contribution is 2.36. The smallest absolute Gasteiger partial charge is 0.434 e.